The maximum atomic E-state index is 13.3. The molecule has 1 saturated heterocycles. The zero-order valence-electron chi connectivity index (χ0n) is 16.2. The summed E-state index contributed by atoms with van der Waals surface area (Å²) in [6.07, 6.45) is -0.386. The van der Waals surface area contributed by atoms with E-state index in [1.54, 1.807) is 0 Å². The molecule has 2 aliphatic rings. The molecule has 0 radical (unpaired) electrons. The number of piperidine rings is 1. The van der Waals surface area contributed by atoms with E-state index in [-0.39, 0.29) is 41.9 Å². The van der Waals surface area contributed by atoms with Gasteiger partial charge in [0, 0.05) is 43.6 Å². The Balaban J connectivity index is 1.60. The highest BCUT2D eigenvalue weighted by atomic mass is 32.2. The highest BCUT2D eigenvalue weighted by Crippen LogP contribution is 2.41. The van der Waals surface area contributed by atoms with Crippen LogP contribution in [0.4, 0.5) is 19.1 Å². The Bertz CT molecular complexity index is 1090. The van der Waals surface area contributed by atoms with Crippen LogP contribution in [-0.4, -0.2) is 53.9 Å². The molecule has 2 fully saturated rings. The van der Waals surface area contributed by atoms with Crippen LogP contribution in [0.1, 0.15) is 42.7 Å². The average molecular weight is 442 g/mol. The van der Waals surface area contributed by atoms with Crippen molar-refractivity contribution in [3.05, 3.63) is 29.5 Å². The second-order valence-corrected chi connectivity index (χ2v) is 9.90. The van der Waals surface area contributed by atoms with Gasteiger partial charge in [0.25, 0.3) is 0 Å². The lowest BCUT2D eigenvalue weighted by Gasteiger charge is -2.30. The van der Waals surface area contributed by atoms with Crippen LogP contribution >= 0.6 is 0 Å². The summed E-state index contributed by atoms with van der Waals surface area (Å²) >= 11 is 0. The zero-order chi connectivity index (χ0) is 21.7. The van der Waals surface area contributed by atoms with E-state index in [0.29, 0.717) is 37.0 Å². The summed E-state index contributed by atoms with van der Waals surface area (Å²) < 4.78 is 64.6. The van der Waals surface area contributed by atoms with E-state index >= 15 is 0 Å². The van der Waals surface area contributed by atoms with Crippen molar-refractivity contribution in [1.82, 2.24) is 14.3 Å². The maximum absolute atomic E-state index is 13.3. The number of Topliss-reactive ketones (excluding diaryl/α,β-unsaturated/α-hetero) is 1. The molecule has 0 atom stereocenters. The molecule has 11 heteroatoms. The molecule has 0 bridgehead atoms. The predicted molar refractivity (Wildman–Crippen MR) is 105 cm³/mol. The Morgan fingerprint density at radius 3 is 2.40 bits per heavy atom. The minimum Gasteiger partial charge on any atom is -0.351 e. The fourth-order valence-electron chi connectivity index (χ4n) is 3.94. The average Bonchev–Trinajstić information content (AvgIpc) is 2.64. The highest BCUT2D eigenvalue weighted by molar-refractivity contribution is 7.88. The summed E-state index contributed by atoms with van der Waals surface area (Å²) in [4.78, 5) is 20.0. The molecule has 0 unspecified atom stereocenters. The molecule has 1 aliphatic heterocycles. The summed E-state index contributed by atoms with van der Waals surface area (Å²) in [6.45, 7) is 0.767. The number of alkyl halides is 3. The molecule has 30 heavy (non-hydrogen) atoms. The zero-order valence-corrected chi connectivity index (χ0v) is 17.1. The third-order valence-corrected chi connectivity index (χ3v) is 6.99. The van der Waals surface area contributed by atoms with Crippen molar-refractivity contribution < 1.29 is 26.4 Å². The van der Waals surface area contributed by atoms with Gasteiger partial charge in [-0.1, -0.05) is 0 Å². The van der Waals surface area contributed by atoms with Crippen molar-refractivity contribution in [1.29, 1.82) is 0 Å². The third-order valence-electron chi connectivity index (χ3n) is 5.68. The van der Waals surface area contributed by atoms with Gasteiger partial charge >= 0.3 is 6.18 Å². The monoisotopic (exact) mass is 442 g/mol. The first-order valence-electron chi connectivity index (χ1n) is 9.62. The van der Waals surface area contributed by atoms with Gasteiger partial charge in [0.15, 0.2) is 0 Å². The summed E-state index contributed by atoms with van der Waals surface area (Å²) in [5, 5.41) is 3.44. The van der Waals surface area contributed by atoms with Crippen LogP contribution in [0.15, 0.2) is 18.3 Å². The molecule has 1 aromatic heterocycles. The summed E-state index contributed by atoms with van der Waals surface area (Å²) in [5.74, 6) is 0.0330. The van der Waals surface area contributed by atoms with Crippen LogP contribution in [0, 0.1) is 0 Å². The van der Waals surface area contributed by atoms with Gasteiger partial charge in [0.2, 0.25) is 16.0 Å². The van der Waals surface area contributed by atoms with Crippen molar-refractivity contribution in [2.24, 2.45) is 0 Å². The summed E-state index contributed by atoms with van der Waals surface area (Å²) in [6, 6.07) is 2.07. The van der Waals surface area contributed by atoms with Crippen molar-refractivity contribution in [3.63, 3.8) is 0 Å². The Morgan fingerprint density at radius 1 is 1.17 bits per heavy atom. The molecule has 1 aromatic carbocycles. The highest BCUT2D eigenvalue weighted by Gasteiger charge is 2.35. The number of nitrogens with zero attached hydrogens (tertiary/aromatic N) is 3. The van der Waals surface area contributed by atoms with Gasteiger partial charge in [-0.15, -0.1) is 0 Å². The number of halogens is 3. The van der Waals surface area contributed by atoms with E-state index in [2.05, 4.69) is 15.3 Å². The molecule has 1 aliphatic carbocycles. The van der Waals surface area contributed by atoms with E-state index in [0.717, 1.165) is 12.1 Å². The topological polar surface area (TPSA) is 92.3 Å². The molecule has 1 saturated carbocycles. The lowest BCUT2D eigenvalue weighted by Crippen LogP contribution is -2.42. The lowest BCUT2D eigenvalue weighted by atomic mass is 9.77. The van der Waals surface area contributed by atoms with E-state index in [4.69, 9.17) is 0 Å². The second-order valence-electron chi connectivity index (χ2n) is 7.92. The van der Waals surface area contributed by atoms with Crippen LogP contribution in [0.2, 0.25) is 0 Å². The molecular formula is C19H21F3N4O3S. The van der Waals surface area contributed by atoms with Gasteiger partial charge in [0.1, 0.15) is 5.78 Å². The number of fused-ring (bicyclic) bond motifs is 1. The van der Waals surface area contributed by atoms with E-state index in [9.17, 15) is 26.4 Å². The number of aromatic nitrogens is 2. The number of ketones is 1. The van der Waals surface area contributed by atoms with Crippen LogP contribution in [0.25, 0.3) is 10.9 Å². The Labute approximate surface area is 171 Å². The Hall–Kier alpha value is -2.27. The van der Waals surface area contributed by atoms with E-state index in [1.165, 1.54) is 16.8 Å². The molecular weight excluding hydrogens is 421 g/mol. The molecule has 2 heterocycles. The van der Waals surface area contributed by atoms with Crippen molar-refractivity contribution in [2.75, 3.05) is 24.7 Å². The van der Waals surface area contributed by atoms with E-state index < -0.39 is 21.8 Å². The third kappa shape index (κ3) is 4.27. The lowest BCUT2D eigenvalue weighted by molar-refractivity contribution is -0.137. The van der Waals surface area contributed by atoms with Gasteiger partial charge in [-0.3, -0.25) is 4.79 Å². The number of carbonyl (C=O) groups excluding carboxylic acids is 1. The molecule has 0 amide bonds. The molecule has 1 N–H and O–H groups in total. The number of sulfonamides is 1. The molecule has 162 valence electrons. The van der Waals surface area contributed by atoms with Gasteiger partial charge in [-0.05, 0) is 36.5 Å². The number of hydrogen-bond acceptors (Lipinski definition) is 6. The number of nitrogens with one attached hydrogen (secondary N) is 1. The molecule has 2 aromatic rings. The number of benzene rings is 1. The van der Waals surface area contributed by atoms with Gasteiger partial charge in [-0.25, -0.2) is 22.7 Å². The van der Waals surface area contributed by atoms with Crippen molar-refractivity contribution >= 4 is 32.7 Å². The number of rotatable bonds is 4. The molecule has 7 nitrogen and oxygen atoms in total. The summed E-state index contributed by atoms with van der Waals surface area (Å²) in [5.41, 5.74) is 0.0464. The fourth-order valence-corrected chi connectivity index (χ4v) is 4.82. The molecule has 0 spiro atoms. The first kappa shape index (κ1) is 21.0. The van der Waals surface area contributed by atoms with Crippen molar-refractivity contribution in [3.8, 4) is 0 Å². The largest absolute Gasteiger partial charge is 0.416 e. The number of hydrogen-bond donors (Lipinski definition) is 1. The van der Waals surface area contributed by atoms with Crippen LogP contribution in [0.3, 0.4) is 0 Å². The predicted octanol–water partition coefficient (Wildman–Crippen LogP) is 2.93. The van der Waals surface area contributed by atoms with Crippen molar-refractivity contribution in [2.45, 2.75) is 43.8 Å². The fraction of sp³-hybridized carbons (Fsp3) is 0.526. The Kier molecular flexibility index (Phi) is 5.21. The normalized spacial score (nSPS) is 19.8. The quantitative estimate of drug-likeness (QED) is 0.783. The van der Waals surface area contributed by atoms with Gasteiger partial charge in [0.05, 0.1) is 17.3 Å². The molecule has 4 rings (SSSR count). The van der Waals surface area contributed by atoms with Gasteiger partial charge < -0.3 is 5.32 Å². The van der Waals surface area contributed by atoms with Crippen LogP contribution in [-0.2, 0) is 21.0 Å². The summed E-state index contributed by atoms with van der Waals surface area (Å²) in [7, 11) is -3.23. The standard InChI is InChI=1S/C19H21F3N4O3S/c1-30(28,29)26-4-2-14(3-5-26)24-18-23-10-12-6-13(19(20,21)22)9-16(17(12)25-18)11-7-15(27)8-11/h6,9-11,14H,2-5,7-8H2,1H3,(H,23,24,25). The van der Waals surface area contributed by atoms with E-state index in [1.807, 2.05) is 0 Å². The first-order valence-corrected chi connectivity index (χ1v) is 11.5. The number of carbonyl (C=O) groups is 1. The minimum atomic E-state index is -4.50. The number of anilines is 1. The second kappa shape index (κ2) is 7.45. The maximum Gasteiger partial charge on any atom is 0.416 e. The van der Waals surface area contributed by atoms with Crippen LogP contribution < -0.4 is 5.32 Å². The SMILES string of the molecule is CS(=O)(=O)N1CCC(Nc2ncc3cc(C(F)(F)F)cc(C4CC(=O)C4)c3n2)CC1. The first-order chi connectivity index (χ1) is 14.0. The Morgan fingerprint density at radius 2 is 1.83 bits per heavy atom. The van der Waals surface area contributed by atoms with Gasteiger partial charge in [-0.2, -0.15) is 13.2 Å². The minimum absolute atomic E-state index is 0.0237. The van der Waals surface area contributed by atoms with Crippen LogP contribution in [0.5, 0.6) is 0 Å². The smallest absolute Gasteiger partial charge is 0.351 e.